The zero-order chi connectivity index (χ0) is 17.5. The van der Waals surface area contributed by atoms with Crippen molar-refractivity contribution >= 4 is 33.5 Å². The van der Waals surface area contributed by atoms with Crippen LogP contribution < -0.4 is 14.8 Å². The van der Waals surface area contributed by atoms with Gasteiger partial charge in [0.25, 0.3) is 0 Å². The second-order valence-electron chi connectivity index (χ2n) is 4.87. The number of amides is 1. The maximum absolute atomic E-state index is 12.3. The molecule has 126 valence electrons. The number of halogens is 1. The lowest BCUT2D eigenvalue weighted by Crippen LogP contribution is -2.13. The second-order valence-corrected chi connectivity index (χ2v) is 5.72. The van der Waals surface area contributed by atoms with Gasteiger partial charge in [-0.25, -0.2) is 4.79 Å². The van der Waals surface area contributed by atoms with Gasteiger partial charge in [0, 0.05) is 6.42 Å². The minimum Gasteiger partial charge on any atom is -0.493 e. The molecule has 0 radical (unpaired) electrons. The van der Waals surface area contributed by atoms with E-state index in [1.54, 1.807) is 49.4 Å². The van der Waals surface area contributed by atoms with Crippen LogP contribution in [-0.2, 0) is 4.79 Å². The minimum atomic E-state index is -0.517. The lowest BCUT2D eigenvalue weighted by molar-refractivity contribution is -0.115. The van der Waals surface area contributed by atoms with Gasteiger partial charge in [-0.15, -0.1) is 0 Å². The third kappa shape index (κ3) is 4.58. The maximum atomic E-state index is 12.3. The van der Waals surface area contributed by atoms with Gasteiger partial charge in [-0.05, 0) is 53.2 Å². The van der Waals surface area contributed by atoms with Crippen molar-refractivity contribution in [3.63, 3.8) is 0 Å². The zero-order valence-corrected chi connectivity index (χ0v) is 15.1. The summed E-state index contributed by atoms with van der Waals surface area (Å²) in [5.74, 6) is 0.290. The summed E-state index contributed by atoms with van der Waals surface area (Å²) in [6.07, 6.45) is 0.341. The van der Waals surface area contributed by atoms with Crippen molar-refractivity contribution in [1.29, 1.82) is 0 Å². The lowest BCUT2D eigenvalue weighted by Gasteiger charge is -2.11. The van der Waals surface area contributed by atoms with E-state index in [0.717, 1.165) is 0 Å². The Morgan fingerprint density at radius 1 is 1.08 bits per heavy atom. The summed E-state index contributed by atoms with van der Waals surface area (Å²) in [5, 5.41) is 2.71. The molecular formula is C18H18BrNO4. The van der Waals surface area contributed by atoms with Crippen LogP contribution in [-0.4, -0.2) is 18.5 Å². The molecule has 0 atom stereocenters. The number of carbonyl (C=O) groups is 2. The molecule has 5 nitrogen and oxygen atoms in total. The van der Waals surface area contributed by atoms with Crippen LogP contribution in [0.4, 0.5) is 5.69 Å². The molecule has 2 rings (SSSR count). The Balaban J connectivity index is 2.18. The van der Waals surface area contributed by atoms with Crippen LogP contribution in [0, 0.1) is 0 Å². The Morgan fingerprint density at radius 2 is 1.83 bits per heavy atom. The third-order valence-electron chi connectivity index (χ3n) is 3.15. The lowest BCUT2D eigenvalue weighted by atomic mass is 10.2. The highest BCUT2D eigenvalue weighted by atomic mass is 79.9. The van der Waals surface area contributed by atoms with Crippen molar-refractivity contribution in [3.8, 4) is 11.5 Å². The van der Waals surface area contributed by atoms with E-state index >= 15 is 0 Å². The largest absolute Gasteiger partial charge is 0.493 e. The van der Waals surface area contributed by atoms with Gasteiger partial charge in [-0.3, -0.25) is 4.79 Å². The highest BCUT2D eigenvalue weighted by molar-refractivity contribution is 9.10. The maximum Gasteiger partial charge on any atom is 0.343 e. The van der Waals surface area contributed by atoms with Gasteiger partial charge in [0.2, 0.25) is 5.91 Å². The predicted octanol–water partition coefficient (Wildman–Crippen LogP) is 4.42. The number of benzene rings is 2. The van der Waals surface area contributed by atoms with E-state index in [1.807, 2.05) is 6.92 Å². The Kier molecular flexibility index (Phi) is 6.37. The van der Waals surface area contributed by atoms with E-state index in [0.29, 0.717) is 40.3 Å². The van der Waals surface area contributed by atoms with Crippen molar-refractivity contribution in [3.05, 3.63) is 52.5 Å². The monoisotopic (exact) mass is 391 g/mol. The molecule has 1 amide bonds. The summed E-state index contributed by atoms with van der Waals surface area (Å²) in [4.78, 5) is 23.9. The van der Waals surface area contributed by atoms with Crippen molar-refractivity contribution in [2.45, 2.75) is 20.3 Å². The number of rotatable bonds is 6. The van der Waals surface area contributed by atoms with Crippen molar-refractivity contribution in [2.24, 2.45) is 0 Å². The highest BCUT2D eigenvalue weighted by Crippen LogP contribution is 2.28. The fraction of sp³-hybridized carbons (Fsp3) is 0.222. The number of esters is 1. The molecule has 0 heterocycles. The SMILES string of the molecule is CCOc1ccc(C(=O)Oc2ccccc2NC(=O)CC)cc1Br. The Morgan fingerprint density at radius 3 is 2.50 bits per heavy atom. The fourth-order valence-corrected chi connectivity index (χ4v) is 2.45. The van der Waals surface area contributed by atoms with E-state index in [2.05, 4.69) is 21.2 Å². The molecule has 2 aromatic rings. The summed E-state index contributed by atoms with van der Waals surface area (Å²) in [7, 11) is 0. The predicted molar refractivity (Wildman–Crippen MR) is 95.6 cm³/mol. The van der Waals surface area contributed by atoms with E-state index in [-0.39, 0.29) is 5.91 Å². The van der Waals surface area contributed by atoms with Crippen LogP contribution in [0.5, 0.6) is 11.5 Å². The average Bonchev–Trinajstić information content (AvgIpc) is 2.58. The zero-order valence-electron chi connectivity index (χ0n) is 13.5. The Labute approximate surface area is 149 Å². The Bertz CT molecular complexity index is 746. The molecule has 0 unspecified atom stereocenters. The number of carbonyl (C=O) groups excluding carboxylic acids is 2. The first-order valence-corrected chi connectivity index (χ1v) is 8.37. The summed E-state index contributed by atoms with van der Waals surface area (Å²) in [6.45, 7) is 4.17. The van der Waals surface area contributed by atoms with E-state index in [1.165, 1.54) is 0 Å². The van der Waals surface area contributed by atoms with Gasteiger partial charge in [-0.1, -0.05) is 19.1 Å². The molecule has 0 bridgehead atoms. The minimum absolute atomic E-state index is 0.151. The summed E-state index contributed by atoms with van der Waals surface area (Å²) in [5.41, 5.74) is 0.838. The third-order valence-corrected chi connectivity index (χ3v) is 3.77. The van der Waals surface area contributed by atoms with Gasteiger partial charge >= 0.3 is 5.97 Å². The molecule has 0 aliphatic rings. The van der Waals surface area contributed by atoms with Gasteiger partial charge in [0.1, 0.15) is 5.75 Å². The van der Waals surface area contributed by atoms with Crippen molar-refractivity contribution in [2.75, 3.05) is 11.9 Å². The fourth-order valence-electron chi connectivity index (χ4n) is 1.96. The number of nitrogens with one attached hydrogen (secondary N) is 1. The van der Waals surface area contributed by atoms with Gasteiger partial charge in [0.15, 0.2) is 5.75 Å². The van der Waals surface area contributed by atoms with Crippen LogP contribution >= 0.6 is 15.9 Å². The summed E-state index contributed by atoms with van der Waals surface area (Å²) < 4.78 is 11.5. The standard InChI is InChI=1S/C18H18BrNO4/c1-3-17(21)20-14-7-5-6-8-16(14)24-18(22)12-9-10-15(23-4-2)13(19)11-12/h5-11H,3-4H2,1-2H3,(H,20,21). The molecule has 0 spiro atoms. The molecule has 0 aliphatic carbocycles. The van der Waals surface area contributed by atoms with E-state index in [4.69, 9.17) is 9.47 Å². The smallest absolute Gasteiger partial charge is 0.343 e. The highest BCUT2D eigenvalue weighted by Gasteiger charge is 2.14. The quantitative estimate of drug-likeness (QED) is 0.584. The van der Waals surface area contributed by atoms with Crippen LogP contribution in [0.1, 0.15) is 30.6 Å². The van der Waals surface area contributed by atoms with Gasteiger partial charge < -0.3 is 14.8 Å². The second kappa shape index (κ2) is 8.49. The average molecular weight is 392 g/mol. The van der Waals surface area contributed by atoms with Crippen LogP contribution in [0.25, 0.3) is 0 Å². The van der Waals surface area contributed by atoms with Crippen LogP contribution in [0.3, 0.4) is 0 Å². The number of hydrogen-bond donors (Lipinski definition) is 1. The molecule has 0 fully saturated rings. The van der Waals surface area contributed by atoms with Crippen molar-refractivity contribution < 1.29 is 19.1 Å². The number of anilines is 1. The first-order chi connectivity index (χ1) is 11.5. The topological polar surface area (TPSA) is 64.6 Å². The van der Waals surface area contributed by atoms with E-state index < -0.39 is 5.97 Å². The molecule has 0 saturated carbocycles. The number of hydrogen-bond acceptors (Lipinski definition) is 4. The van der Waals surface area contributed by atoms with Crippen LogP contribution in [0.15, 0.2) is 46.9 Å². The van der Waals surface area contributed by atoms with Gasteiger partial charge in [0.05, 0.1) is 22.3 Å². The molecular weight excluding hydrogens is 374 g/mol. The molecule has 0 aliphatic heterocycles. The normalized spacial score (nSPS) is 10.1. The molecule has 1 N–H and O–H groups in total. The number of para-hydroxylation sites is 2. The molecule has 0 aromatic heterocycles. The number of ether oxygens (including phenoxy) is 2. The molecule has 2 aromatic carbocycles. The summed E-state index contributed by atoms with van der Waals surface area (Å²) >= 11 is 3.37. The molecule has 0 saturated heterocycles. The first-order valence-electron chi connectivity index (χ1n) is 7.58. The molecule has 24 heavy (non-hydrogen) atoms. The Hall–Kier alpha value is -2.34. The first kappa shape index (κ1) is 18.0. The van der Waals surface area contributed by atoms with Gasteiger partial charge in [-0.2, -0.15) is 0 Å². The summed E-state index contributed by atoms with van der Waals surface area (Å²) in [6, 6.07) is 11.8. The van der Waals surface area contributed by atoms with Crippen molar-refractivity contribution in [1.82, 2.24) is 0 Å². The van der Waals surface area contributed by atoms with Crippen LogP contribution in [0.2, 0.25) is 0 Å². The molecule has 6 heteroatoms. The van der Waals surface area contributed by atoms with E-state index in [9.17, 15) is 9.59 Å².